The molecule has 174 valence electrons. The molecule has 0 saturated carbocycles. The zero-order valence-electron chi connectivity index (χ0n) is 17.5. The molecule has 1 aromatic rings. The van der Waals surface area contributed by atoms with Crippen LogP contribution in [0.15, 0.2) is 24.3 Å². The average Bonchev–Trinajstić information content (AvgIpc) is 3.19. The maximum Gasteiger partial charge on any atom is 0.573 e. The summed E-state index contributed by atoms with van der Waals surface area (Å²) < 4.78 is 66.9. The highest BCUT2D eigenvalue weighted by atomic mass is 32.2. The molecule has 0 spiro atoms. The fourth-order valence-corrected chi connectivity index (χ4v) is 5.83. The van der Waals surface area contributed by atoms with Crippen LogP contribution in [0.1, 0.15) is 31.7 Å². The molecule has 11 heteroatoms. The molecule has 1 atom stereocenters. The number of hydrogen-bond donors (Lipinski definition) is 0. The number of halogens is 3. The number of piperazine rings is 1. The molecule has 31 heavy (non-hydrogen) atoms. The van der Waals surface area contributed by atoms with Gasteiger partial charge in [0.2, 0.25) is 15.9 Å². The molecular formula is C20H28F3N3O4S. The van der Waals surface area contributed by atoms with Gasteiger partial charge in [0.1, 0.15) is 11.8 Å². The van der Waals surface area contributed by atoms with Crippen molar-refractivity contribution in [3.63, 3.8) is 0 Å². The van der Waals surface area contributed by atoms with Crippen molar-refractivity contribution in [1.82, 2.24) is 14.1 Å². The average molecular weight is 464 g/mol. The van der Waals surface area contributed by atoms with E-state index in [1.54, 1.807) is 24.0 Å². The third-order valence-electron chi connectivity index (χ3n) is 5.56. The highest BCUT2D eigenvalue weighted by Crippen LogP contribution is 2.25. The van der Waals surface area contributed by atoms with Gasteiger partial charge in [0.25, 0.3) is 0 Å². The minimum absolute atomic E-state index is 0.0529. The summed E-state index contributed by atoms with van der Waals surface area (Å²) >= 11 is 0. The van der Waals surface area contributed by atoms with Gasteiger partial charge in [-0.1, -0.05) is 19.1 Å². The van der Waals surface area contributed by atoms with Crippen LogP contribution in [0, 0.1) is 0 Å². The van der Waals surface area contributed by atoms with E-state index in [2.05, 4.69) is 9.64 Å². The van der Waals surface area contributed by atoms with Crippen LogP contribution in [-0.2, 0) is 21.4 Å². The third-order valence-corrected chi connectivity index (χ3v) is 7.63. The molecule has 1 amide bonds. The zero-order chi connectivity index (χ0) is 22.6. The van der Waals surface area contributed by atoms with Gasteiger partial charge in [0, 0.05) is 39.3 Å². The van der Waals surface area contributed by atoms with Crippen LogP contribution < -0.4 is 4.74 Å². The molecule has 0 radical (unpaired) electrons. The zero-order valence-corrected chi connectivity index (χ0v) is 18.3. The van der Waals surface area contributed by atoms with Crippen molar-refractivity contribution in [3.8, 4) is 5.75 Å². The number of carbonyl (C=O) groups excluding carboxylic acids is 1. The molecule has 1 unspecified atom stereocenters. The van der Waals surface area contributed by atoms with Crippen molar-refractivity contribution in [1.29, 1.82) is 0 Å². The Hall–Kier alpha value is -1.85. The van der Waals surface area contributed by atoms with E-state index in [1.165, 1.54) is 16.4 Å². The maximum atomic E-state index is 13.0. The summed E-state index contributed by atoms with van der Waals surface area (Å²) in [5, 5.41) is 0. The van der Waals surface area contributed by atoms with Crippen molar-refractivity contribution in [3.05, 3.63) is 29.8 Å². The van der Waals surface area contributed by atoms with Gasteiger partial charge in [-0.3, -0.25) is 9.69 Å². The van der Waals surface area contributed by atoms with E-state index in [0.29, 0.717) is 58.5 Å². The number of hydrogen-bond acceptors (Lipinski definition) is 5. The molecule has 2 saturated heterocycles. The fourth-order valence-electron chi connectivity index (χ4n) is 4.09. The molecule has 1 aromatic carbocycles. The van der Waals surface area contributed by atoms with Gasteiger partial charge in [-0.25, -0.2) is 8.42 Å². The largest absolute Gasteiger partial charge is 0.573 e. The second-order valence-electron chi connectivity index (χ2n) is 7.88. The van der Waals surface area contributed by atoms with E-state index in [4.69, 9.17) is 0 Å². The molecule has 2 aliphatic rings. The lowest BCUT2D eigenvalue weighted by atomic mass is 10.1. The summed E-state index contributed by atoms with van der Waals surface area (Å²) in [7, 11) is -3.41. The summed E-state index contributed by atoms with van der Waals surface area (Å²) in [5.41, 5.74) is 0.849. The molecule has 0 aliphatic carbocycles. The van der Waals surface area contributed by atoms with Gasteiger partial charge in [-0.15, -0.1) is 13.2 Å². The predicted molar refractivity (Wildman–Crippen MR) is 109 cm³/mol. The third kappa shape index (κ3) is 6.33. The molecule has 3 rings (SSSR count). The number of ether oxygens (including phenoxy) is 1. The lowest BCUT2D eigenvalue weighted by Crippen LogP contribution is -2.54. The first kappa shape index (κ1) is 23.8. The van der Waals surface area contributed by atoms with Crippen LogP contribution in [0.2, 0.25) is 0 Å². The van der Waals surface area contributed by atoms with Crippen LogP contribution in [0.5, 0.6) is 5.75 Å². The Morgan fingerprint density at radius 2 is 1.74 bits per heavy atom. The van der Waals surface area contributed by atoms with Crippen LogP contribution in [-0.4, -0.2) is 79.3 Å². The highest BCUT2D eigenvalue weighted by Gasteiger charge is 2.40. The molecule has 0 aromatic heterocycles. The predicted octanol–water partition coefficient (Wildman–Crippen LogP) is 2.43. The van der Waals surface area contributed by atoms with Crippen molar-refractivity contribution >= 4 is 15.9 Å². The van der Waals surface area contributed by atoms with Gasteiger partial charge >= 0.3 is 6.36 Å². The maximum absolute atomic E-state index is 13.0. The Kier molecular flexibility index (Phi) is 7.48. The number of carbonyl (C=O) groups is 1. The summed E-state index contributed by atoms with van der Waals surface area (Å²) in [5.74, 6) is -0.339. The van der Waals surface area contributed by atoms with E-state index in [0.717, 1.165) is 5.56 Å². The van der Waals surface area contributed by atoms with Gasteiger partial charge in [0.15, 0.2) is 0 Å². The number of alkyl halides is 3. The molecule has 0 N–H and O–H groups in total. The molecule has 2 heterocycles. The van der Waals surface area contributed by atoms with Crippen molar-refractivity contribution in [2.24, 2.45) is 0 Å². The second-order valence-corrected chi connectivity index (χ2v) is 9.92. The van der Waals surface area contributed by atoms with E-state index in [-0.39, 0.29) is 17.4 Å². The Labute approximate surface area is 180 Å². The molecule has 7 nitrogen and oxygen atoms in total. The minimum Gasteiger partial charge on any atom is -0.406 e. The van der Waals surface area contributed by atoms with Gasteiger partial charge in [-0.05, 0) is 37.0 Å². The molecular weight excluding hydrogens is 435 g/mol. The number of benzene rings is 1. The van der Waals surface area contributed by atoms with Crippen LogP contribution in [0.25, 0.3) is 0 Å². The number of sulfonamides is 1. The van der Waals surface area contributed by atoms with Crippen LogP contribution in [0.4, 0.5) is 13.2 Å². The fraction of sp³-hybridized carbons (Fsp3) is 0.650. The number of nitrogens with zero attached hydrogens (tertiary/aromatic N) is 3. The van der Waals surface area contributed by atoms with E-state index < -0.39 is 22.4 Å². The topological polar surface area (TPSA) is 70.2 Å². The Balaban J connectivity index is 1.52. The lowest BCUT2D eigenvalue weighted by Gasteiger charge is -2.37. The van der Waals surface area contributed by atoms with Gasteiger partial charge < -0.3 is 9.64 Å². The van der Waals surface area contributed by atoms with Gasteiger partial charge in [0.05, 0.1) is 5.75 Å². The summed E-state index contributed by atoms with van der Waals surface area (Å²) in [4.78, 5) is 16.8. The molecule has 2 aliphatic heterocycles. The Morgan fingerprint density at radius 3 is 2.32 bits per heavy atom. The van der Waals surface area contributed by atoms with E-state index in [9.17, 15) is 26.4 Å². The summed E-state index contributed by atoms with van der Waals surface area (Å²) in [6.45, 7) is 4.96. The molecule has 2 fully saturated rings. The van der Waals surface area contributed by atoms with Crippen molar-refractivity contribution < 1.29 is 31.1 Å². The van der Waals surface area contributed by atoms with Crippen molar-refractivity contribution in [2.75, 3.05) is 38.5 Å². The minimum atomic E-state index is -4.71. The van der Waals surface area contributed by atoms with Crippen LogP contribution >= 0.6 is 0 Å². The van der Waals surface area contributed by atoms with E-state index >= 15 is 0 Å². The van der Waals surface area contributed by atoms with E-state index in [1.807, 2.05) is 0 Å². The second kappa shape index (κ2) is 9.74. The lowest BCUT2D eigenvalue weighted by molar-refractivity contribution is -0.274. The Morgan fingerprint density at radius 1 is 1.10 bits per heavy atom. The van der Waals surface area contributed by atoms with Crippen molar-refractivity contribution in [2.45, 2.75) is 45.1 Å². The molecule has 0 bridgehead atoms. The first-order chi connectivity index (χ1) is 14.6. The quantitative estimate of drug-likeness (QED) is 0.621. The normalized spacial score (nSPS) is 21.4. The van der Waals surface area contributed by atoms with Crippen LogP contribution in [0.3, 0.4) is 0 Å². The Bertz CT molecular complexity index is 853. The SMILES string of the molecule is CCCS(=O)(=O)N1CCCC1C(=O)N1CCN(Cc2ccc(OC(F)(F)F)cc2)CC1. The first-order valence-electron chi connectivity index (χ1n) is 10.4. The smallest absolute Gasteiger partial charge is 0.406 e. The summed E-state index contributed by atoms with van der Waals surface area (Å²) in [6.07, 6.45) is -2.96. The van der Waals surface area contributed by atoms with Gasteiger partial charge in [-0.2, -0.15) is 4.31 Å². The summed E-state index contributed by atoms with van der Waals surface area (Å²) in [6, 6.07) is 5.15. The number of amides is 1. The number of rotatable bonds is 7. The monoisotopic (exact) mass is 463 g/mol. The standard InChI is InChI=1S/C20H28F3N3O4S/c1-2-14-31(28,29)26-9-3-4-18(26)19(27)25-12-10-24(11-13-25)15-16-5-7-17(8-6-16)30-20(21,22)23/h5-8,18H,2-4,9-15H2,1H3. The first-order valence-corrected chi connectivity index (χ1v) is 12.1. The highest BCUT2D eigenvalue weighted by molar-refractivity contribution is 7.89.